The Morgan fingerprint density at radius 1 is 1.35 bits per heavy atom. The predicted molar refractivity (Wildman–Crippen MR) is 72.9 cm³/mol. The molecule has 1 aromatic carbocycles. The lowest BCUT2D eigenvalue weighted by atomic mass is 10.2. The van der Waals surface area contributed by atoms with Gasteiger partial charge in [0.05, 0.1) is 11.3 Å². The molecule has 0 aliphatic carbocycles. The SMILES string of the molecule is N#Cc1ccccc1NC(=O)CCn1cccnc1=O. The highest BCUT2D eigenvalue weighted by Gasteiger charge is 2.06. The molecule has 0 aliphatic heterocycles. The third kappa shape index (κ3) is 3.29. The predicted octanol–water partition coefficient (Wildman–Crippen LogP) is 1.14. The lowest BCUT2D eigenvalue weighted by Crippen LogP contribution is -2.24. The monoisotopic (exact) mass is 268 g/mol. The summed E-state index contributed by atoms with van der Waals surface area (Å²) >= 11 is 0. The number of benzene rings is 1. The summed E-state index contributed by atoms with van der Waals surface area (Å²) in [4.78, 5) is 26.8. The van der Waals surface area contributed by atoms with Crippen molar-refractivity contribution in [1.29, 1.82) is 5.26 Å². The van der Waals surface area contributed by atoms with Crippen LogP contribution in [-0.4, -0.2) is 15.5 Å². The van der Waals surface area contributed by atoms with Crippen LogP contribution in [0.15, 0.2) is 47.5 Å². The van der Waals surface area contributed by atoms with Crippen LogP contribution in [0, 0.1) is 11.3 Å². The Morgan fingerprint density at radius 2 is 2.15 bits per heavy atom. The Bertz CT molecular complexity index is 715. The Hall–Kier alpha value is -2.94. The molecule has 0 atom stereocenters. The van der Waals surface area contributed by atoms with Crippen molar-refractivity contribution in [2.24, 2.45) is 0 Å². The number of amides is 1. The lowest BCUT2D eigenvalue weighted by molar-refractivity contribution is -0.116. The molecule has 2 rings (SSSR count). The Labute approximate surface area is 115 Å². The standard InChI is InChI=1S/C14H12N4O2/c15-10-11-4-1-2-5-12(11)17-13(19)6-9-18-8-3-7-16-14(18)20/h1-5,7-8H,6,9H2,(H,17,19). The minimum absolute atomic E-state index is 0.130. The maximum atomic E-state index is 11.8. The Balaban J connectivity index is 1.99. The van der Waals surface area contributed by atoms with E-state index in [1.54, 1.807) is 36.5 Å². The van der Waals surface area contributed by atoms with Crippen LogP contribution in [-0.2, 0) is 11.3 Å². The average molecular weight is 268 g/mol. The molecule has 0 saturated heterocycles. The summed E-state index contributed by atoms with van der Waals surface area (Å²) in [5, 5.41) is 11.6. The molecule has 20 heavy (non-hydrogen) atoms. The van der Waals surface area contributed by atoms with E-state index < -0.39 is 5.69 Å². The maximum absolute atomic E-state index is 11.8. The van der Waals surface area contributed by atoms with Gasteiger partial charge in [-0.1, -0.05) is 12.1 Å². The number of carbonyl (C=O) groups excluding carboxylic acids is 1. The van der Waals surface area contributed by atoms with Crippen LogP contribution in [0.2, 0.25) is 0 Å². The van der Waals surface area contributed by atoms with Gasteiger partial charge < -0.3 is 5.32 Å². The number of anilines is 1. The van der Waals surface area contributed by atoms with Gasteiger partial charge in [-0.2, -0.15) is 5.26 Å². The van der Waals surface area contributed by atoms with Crippen molar-refractivity contribution in [3.8, 4) is 6.07 Å². The third-order valence-corrected chi connectivity index (χ3v) is 2.68. The van der Waals surface area contributed by atoms with E-state index in [0.29, 0.717) is 11.3 Å². The molecule has 0 bridgehead atoms. The van der Waals surface area contributed by atoms with E-state index in [4.69, 9.17) is 5.26 Å². The first-order chi connectivity index (χ1) is 9.70. The van der Waals surface area contributed by atoms with Crippen molar-refractivity contribution in [3.05, 3.63) is 58.8 Å². The fourth-order valence-corrected chi connectivity index (χ4v) is 1.68. The van der Waals surface area contributed by atoms with Crippen molar-refractivity contribution in [2.75, 3.05) is 5.32 Å². The number of hydrogen-bond acceptors (Lipinski definition) is 4. The van der Waals surface area contributed by atoms with Crippen molar-refractivity contribution >= 4 is 11.6 Å². The first-order valence-corrected chi connectivity index (χ1v) is 6.01. The van der Waals surface area contributed by atoms with E-state index in [1.807, 2.05) is 6.07 Å². The van der Waals surface area contributed by atoms with Gasteiger partial charge in [-0.3, -0.25) is 9.36 Å². The number of hydrogen-bond donors (Lipinski definition) is 1. The lowest BCUT2D eigenvalue weighted by Gasteiger charge is -2.07. The maximum Gasteiger partial charge on any atom is 0.347 e. The minimum Gasteiger partial charge on any atom is -0.325 e. The first-order valence-electron chi connectivity index (χ1n) is 6.01. The van der Waals surface area contributed by atoms with Crippen LogP contribution in [0.4, 0.5) is 5.69 Å². The number of aryl methyl sites for hydroxylation is 1. The summed E-state index contributed by atoms with van der Waals surface area (Å²) in [5.74, 6) is -0.261. The molecular formula is C14H12N4O2. The smallest absolute Gasteiger partial charge is 0.325 e. The highest BCUT2D eigenvalue weighted by Crippen LogP contribution is 2.13. The number of nitriles is 1. The van der Waals surface area contributed by atoms with Crippen molar-refractivity contribution in [3.63, 3.8) is 0 Å². The van der Waals surface area contributed by atoms with E-state index in [0.717, 1.165) is 0 Å². The van der Waals surface area contributed by atoms with E-state index in [9.17, 15) is 9.59 Å². The topological polar surface area (TPSA) is 87.8 Å². The molecule has 6 nitrogen and oxygen atoms in total. The number of aromatic nitrogens is 2. The quantitative estimate of drug-likeness (QED) is 0.900. The molecular weight excluding hydrogens is 256 g/mol. The van der Waals surface area contributed by atoms with Crippen LogP contribution < -0.4 is 11.0 Å². The van der Waals surface area contributed by atoms with Gasteiger partial charge in [0.2, 0.25) is 5.91 Å². The molecule has 1 heterocycles. The van der Waals surface area contributed by atoms with Gasteiger partial charge in [-0.15, -0.1) is 0 Å². The fraction of sp³-hybridized carbons (Fsp3) is 0.143. The van der Waals surface area contributed by atoms with Crippen molar-refractivity contribution in [1.82, 2.24) is 9.55 Å². The largest absolute Gasteiger partial charge is 0.347 e. The average Bonchev–Trinajstić information content (AvgIpc) is 2.47. The third-order valence-electron chi connectivity index (χ3n) is 2.68. The highest BCUT2D eigenvalue weighted by molar-refractivity contribution is 5.91. The second-order valence-electron chi connectivity index (χ2n) is 4.05. The molecule has 6 heteroatoms. The highest BCUT2D eigenvalue weighted by atomic mass is 16.2. The van der Waals surface area contributed by atoms with Crippen LogP contribution in [0.1, 0.15) is 12.0 Å². The molecule has 1 N–H and O–H groups in total. The fourth-order valence-electron chi connectivity index (χ4n) is 1.68. The van der Waals surface area contributed by atoms with Gasteiger partial charge in [0, 0.05) is 25.4 Å². The summed E-state index contributed by atoms with van der Waals surface area (Å²) in [6.45, 7) is 0.243. The molecule has 1 aromatic heterocycles. The van der Waals surface area contributed by atoms with Crippen LogP contribution in [0.5, 0.6) is 0 Å². The summed E-state index contributed by atoms with van der Waals surface area (Å²) < 4.78 is 1.36. The minimum atomic E-state index is -0.391. The molecule has 0 spiro atoms. The summed E-state index contributed by atoms with van der Waals surface area (Å²) in [7, 11) is 0. The number of nitrogens with one attached hydrogen (secondary N) is 1. The second kappa shape index (κ2) is 6.29. The molecule has 2 aromatic rings. The Morgan fingerprint density at radius 3 is 2.90 bits per heavy atom. The number of rotatable bonds is 4. The number of para-hydroxylation sites is 1. The van der Waals surface area contributed by atoms with Crippen molar-refractivity contribution in [2.45, 2.75) is 13.0 Å². The van der Waals surface area contributed by atoms with Crippen LogP contribution >= 0.6 is 0 Å². The molecule has 0 radical (unpaired) electrons. The summed E-state index contributed by atoms with van der Waals surface area (Å²) in [6, 6.07) is 10.4. The van der Waals surface area contributed by atoms with E-state index >= 15 is 0 Å². The van der Waals surface area contributed by atoms with Gasteiger partial charge >= 0.3 is 5.69 Å². The van der Waals surface area contributed by atoms with Gasteiger partial charge in [-0.05, 0) is 18.2 Å². The molecule has 0 unspecified atom stereocenters. The van der Waals surface area contributed by atoms with Gasteiger partial charge in [0.25, 0.3) is 0 Å². The Kier molecular flexibility index (Phi) is 4.24. The van der Waals surface area contributed by atoms with Gasteiger partial charge in [0.1, 0.15) is 6.07 Å². The zero-order valence-corrected chi connectivity index (χ0v) is 10.6. The molecule has 1 amide bonds. The second-order valence-corrected chi connectivity index (χ2v) is 4.05. The van der Waals surface area contributed by atoms with Gasteiger partial charge in [0.15, 0.2) is 0 Å². The molecule has 0 fully saturated rings. The van der Waals surface area contributed by atoms with Crippen LogP contribution in [0.3, 0.4) is 0 Å². The zero-order valence-electron chi connectivity index (χ0n) is 10.6. The summed E-state index contributed by atoms with van der Waals surface area (Å²) in [5.41, 5.74) is 0.482. The number of carbonyl (C=O) groups is 1. The number of nitrogens with zero attached hydrogens (tertiary/aromatic N) is 3. The van der Waals surface area contributed by atoms with E-state index in [1.165, 1.54) is 10.8 Å². The van der Waals surface area contributed by atoms with Gasteiger partial charge in [-0.25, -0.2) is 9.78 Å². The summed E-state index contributed by atoms with van der Waals surface area (Å²) in [6.07, 6.45) is 3.11. The van der Waals surface area contributed by atoms with Crippen molar-refractivity contribution < 1.29 is 4.79 Å². The first kappa shape index (κ1) is 13.5. The van der Waals surface area contributed by atoms with Crippen LogP contribution in [0.25, 0.3) is 0 Å². The van der Waals surface area contributed by atoms with E-state index in [-0.39, 0.29) is 18.9 Å². The van der Waals surface area contributed by atoms with E-state index in [2.05, 4.69) is 10.3 Å². The molecule has 0 saturated carbocycles. The normalized spacial score (nSPS) is 9.75. The molecule has 100 valence electrons. The molecule has 0 aliphatic rings. The zero-order chi connectivity index (χ0) is 14.4.